The molecule has 2 rings (SSSR count). The fraction of sp³-hybridized carbons (Fsp3) is 0.154. The zero-order chi connectivity index (χ0) is 13.1. The topological polar surface area (TPSA) is 46.3 Å². The predicted octanol–water partition coefficient (Wildman–Crippen LogP) is 3.60. The Labute approximate surface area is 124 Å². The monoisotopic (exact) mass is 372 g/mol. The first-order chi connectivity index (χ1) is 8.61. The highest BCUT2D eigenvalue weighted by Crippen LogP contribution is 2.22. The van der Waals surface area contributed by atoms with Crippen LogP contribution in [0, 0.1) is 2.88 Å². The van der Waals surface area contributed by atoms with Gasteiger partial charge in [0.15, 0.2) is 0 Å². The van der Waals surface area contributed by atoms with Crippen LogP contribution >= 0.6 is 33.9 Å². The van der Waals surface area contributed by atoms with Gasteiger partial charge in [-0.05, 0) is 59.8 Å². The van der Waals surface area contributed by atoms with E-state index in [1.54, 1.807) is 16.2 Å². The van der Waals surface area contributed by atoms with Gasteiger partial charge in [-0.25, -0.2) is 0 Å². The van der Waals surface area contributed by atoms with Gasteiger partial charge in [-0.1, -0.05) is 0 Å². The lowest BCUT2D eigenvalue weighted by molar-refractivity contribution is 0.0988. The predicted molar refractivity (Wildman–Crippen MR) is 85.2 cm³/mol. The largest absolute Gasteiger partial charge is 0.399 e. The third-order valence-electron chi connectivity index (χ3n) is 2.58. The molecule has 0 saturated heterocycles. The molecule has 2 N–H and O–H groups in total. The van der Waals surface area contributed by atoms with Gasteiger partial charge < -0.3 is 10.6 Å². The van der Waals surface area contributed by atoms with Gasteiger partial charge >= 0.3 is 0 Å². The second-order valence-corrected chi connectivity index (χ2v) is 6.59. The molecule has 94 valence electrons. The molecule has 18 heavy (non-hydrogen) atoms. The van der Waals surface area contributed by atoms with Crippen molar-refractivity contribution in [3.63, 3.8) is 0 Å². The van der Waals surface area contributed by atoms with E-state index in [1.807, 2.05) is 42.6 Å². The van der Waals surface area contributed by atoms with Crippen LogP contribution in [0.5, 0.6) is 0 Å². The molecule has 1 aromatic carbocycles. The van der Waals surface area contributed by atoms with Gasteiger partial charge in [0.1, 0.15) is 0 Å². The molecule has 5 heteroatoms. The number of carbonyl (C=O) groups is 1. The first-order valence-corrected chi connectivity index (χ1v) is 7.49. The molecule has 0 aliphatic heterocycles. The molecule has 0 spiro atoms. The van der Waals surface area contributed by atoms with Gasteiger partial charge in [0.05, 0.1) is 8.45 Å². The quantitative estimate of drug-likeness (QED) is 0.661. The summed E-state index contributed by atoms with van der Waals surface area (Å²) < 4.78 is 1.12. The van der Waals surface area contributed by atoms with E-state index < -0.39 is 0 Å². The van der Waals surface area contributed by atoms with Crippen molar-refractivity contribution in [3.05, 3.63) is 44.2 Å². The summed E-state index contributed by atoms with van der Waals surface area (Å²) in [7, 11) is 0. The Morgan fingerprint density at radius 2 is 2.06 bits per heavy atom. The number of nitrogens with two attached hydrogens (primary N) is 1. The van der Waals surface area contributed by atoms with E-state index in [1.165, 1.54) is 0 Å². The molecule has 3 nitrogen and oxygen atoms in total. The Balaban J connectivity index is 2.28. The van der Waals surface area contributed by atoms with E-state index in [0.717, 1.165) is 14.1 Å². The number of rotatable bonds is 3. The number of anilines is 2. The lowest BCUT2D eigenvalue weighted by Gasteiger charge is -2.20. The maximum absolute atomic E-state index is 12.4. The molecule has 1 aromatic heterocycles. The number of nitrogens with zero attached hydrogens (tertiary/aromatic N) is 1. The van der Waals surface area contributed by atoms with Crippen LogP contribution in [0.1, 0.15) is 17.3 Å². The number of nitrogen functional groups attached to an aromatic ring is 1. The van der Waals surface area contributed by atoms with E-state index >= 15 is 0 Å². The minimum atomic E-state index is 0.0291. The molecular weight excluding hydrogens is 359 g/mol. The molecule has 0 fully saturated rings. The Morgan fingerprint density at radius 1 is 1.39 bits per heavy atom. The average Bonchev–Trinajstić information content (AvgIpc) is 2.79. The Kier molecular flexibility index (Phi) is 4.23. The normalized spacial score (nSPS) is 10.3. The van der Waals surface area contributed by atoms with Gasteiger partial charge in [0.25, 0.3) is 5.91 Å². The lowest BCUT2D eigenvalue weighted by Crippen LogP contribution is -2.30. The minimum absolute atomic E-state index is 0.0291. The smallest absolute Gasteiger partial charge is 0.259 e. The number of amides is 1. The summed E-state index contributed by atoms with van der Waals surface area (Å²) in [4.78, 5) is 14.1. The maximum Gasteiger partial charge on any atom is 0.259 e. The first kappa shape index (κ1) is 13.4. The molecule has 2 aromatic rings. The van der Waals surface area contributed by atoms with Crippen molar-refractivity contribution in [1.82, 2.24) is 0 Å². The number of hydrogen-bond donors (Lipinski definition) is 1. The summed E-state index contributed by atoms with van der Waals surface area (Å²) in [6.07, 6.45) is 0. The summed E-state index contributed by atoms with van der Waals surface area (Å²) in [5.74, 6) is 0.0291. The van der Waals surface area contributed by atoms with Gasteiger partial charge in [-0.2, -0.15) is 0 Å². The van der Waals surface area contributed by atoms with E-state index in [9.17, 15) is 4.79 Å². The van der Waals surface area contributed by atoms with Gasteiger partial charge in [-0.15, -0.1) is 11.3 Å². The van der Waals surface area contributed by atoms with Crippen molar-refractivity contribution in [3.8, 4) is 0 Å². The number of carbonyl (C=O) groups excluding carboxylic acids is 1. The van der Waals surface area contributed by atoms with Gasteiger partial charge in [-0.3, -0.25) is 4.79 Å². The Bertz CT molecular complexity index is 550. The average molecular weight is 372 g/mol. The van der Waals surface area contributed by atoms with Crippen molar-refractivity contribution in [1.29, 1.82) is 0 Å². The highest BCUT2D eigenvalue weighted by Gasteiger charge is 2.17. The van der Waals surface area contributed by atoms with E-state index in [0.29, 0.717) is 12.2 Å². The lowest BCUT2D eigenvalue weighted by atomic mass is 10.2. The Hall–Kier alpha value is -1.08. The fourth-order valence-corrected chi connectivity index (χ4v) is 3.00. The van der Waals surface area contributed by atoms with Crippen molar-refractivity contribution in [2.24, 2.45) is 0 Å². The second kappa shape index (κ2) is 5.71. The van der Waals surface area contributed by atoms with Crippen LogP contribution in [-0.4, -0.2) is 12.5 Å². The molecular formula is C13H13IN2OS. The fourth-order valence-electron chi connectivity index (χ4n) is 1.68. The molecule has 1 amide bonds. The van der Waals surface area contributed by atoms with E-state index in [2.05, 4.69) is 22.6 Å². The third kappa shape index (κ3) is 2.84. The summed E-state index contributed by atoms with van der Waals surface area (Å²) in [6, 6.07) is 9.26. The van der Waals surface area contributed by atoms with Crippen LogP contribution < -0.4 is 10.6 Å². The molecule has 0 bridgehead atoms. The number of thiophene rings is 1. The highest BCUT2D eigenvalue weighted by atomic mass is 127. The van der Waals surface area contributed by atoms with Gasteiger partial charge in [0, 0.05) is 23.3 Å². The standard InChI is InChI=1S/C13H13IN2OS/c1-2-16(11-5-3-10(15)4-6-11)13(17)9-7-12(14)18-8-9/h3-8H,2,15H2,1H3. The third-order valence-corrected chi connectivity index (χ3v) is 4.37. The summed E-state index contributed by atoms with van der Waals surface area (Å²) in [6.45, 7) is 2.60. The summed E-state index contributed by atoms with van der Waals surface area (Å²) >= 11 is 3.80. The van der Waals surface area contributed by atoms with E-state index in [4.69, 9.17) is 5.73 Å². The van der Waals surface area contributed by atoms with Crippen molar-refractivity contribution < 1.29 is 4.79 Å². The molecule has 0 saturated carbocycles. The zero-order valence-electron chi connectivity index (χ0n) is 9.89. The zero-order valence-corrected chi connectivity index (χ0v) is 12.9. The van der Waals surface area contributed by atoms with Crippen LogP contribution in [-0.2, 0) is 0 Å². The second-order valence-electron chi connectivity index (χ2n) is 3.78. The van der Waals surface area contributed by atoms with Crippen molar-refractivity contribution in [2.45, 2.75) is 6.92 Å². The molecule has 1 heterocycles. The van der Waals surface area contributed by atoms with Crippen LogP contribution in [0.25, 0.3) is 0 Å². The van der Waals surface area contributed by atoms with Crippen LogP contribution in [0.4, 0.5) is 11.4 Å². The first-order valence-electron chi connectivity index (χ1n) is 5.53. The molecule has 0 atom stereocenters. The maximum atomic E-state index is 12.4. The summed E-state index contributed by atoms with van der Waals surface area (Å²) in [5, 5.41) is 1.89. The minimum Gasteiger partial charge on any atom is -0.399 e. The number of hydrogen-bond acceptors (Lipinski definition) is 3. The molecule has 0 aliphatic carbocycles. The molecule has 0 radical (unpaired) electrons. The SMILES string of the molecule is CCN(C(=O)c1csc(I)c1)c1ccc(N)cc1. The summed E-state index contributed by atoms with van der Waals surface area (Å²) in [5.41, 5.74) is 7.97. The highest BCUT2D eigenvalue weighted by molar-refractivity contribution is 14.1. The van der Waals surface area contributed by atoms with Crippen molar-refractivity contribution in [2.75, 3.05) is 17.2 Å². The number of halogens is 1. The van der Waals surface area contributed by atoms with Crippen LogP contribution in [0.3, 0.4) is 0 Å². The van der Waals surface area contributed by atoms with Crippen LogP contribution in [0.15, 0.2) is 35.7 Å². The number of benzene rings is 1. The van der Waals surface area contributed by atoms with Crippen molar-refractivity contribution >= 4 is 51.2 Å². The van der Waals surface area contributed by atoms with Crippen LogP contribution in [0.2, 0.25) is 0 Å². The van der Waals surface area contributed by atoms with E-state index in [-0.39, 0.29) is 5.91 Å². The Morgan fingerprint density at radius 3 is 2.56 bits per heavy atom. The molecule has 0 unspecified atom stereocenters. The molecule has 0 aliphatic rings. The van der Waals surface area contributed by atoms with Gasteiger partial charge in [0.2, 0.25) is 0 Å².